The van der Waals surface area contributed by atoms with E-state index in [1.807, 2.05) is 0 Å². The lowest BCUT2D eigenvalue weighted by Gasteiger charge is -2.19. The molecular weight excluding hydrogens is 539 g/mol. The number of hydrogen-bond acceptors (Lipinski definition) is 6. The summed E-state index contributed by atoms with van der Waals surface area (Å²) >= 11 is 5.94. The van der Waals surface area contributed by atoms with Crippen LogP contribution in [0.5, 0.6) is 0 Å². The topological polar surface area (TPSA) is 144 Å². The Labute approximate surface area is 224 Å². The number of carbonyl (C=O) groups excluding carboxylic acids is 3. The molecule has 202 valence electrons. The van der Waals surface area contributed by atoms with E-state index >= 15 is 0 Å². The minimum Gasteiger partial charge on any atom is -0.382 e. The number of urea groups is 1. The summed E-state index contributed by atoms with van der Waals surface area (Å²) in [5.41, 5.74) is 5.47. The molecule has 39 heavy (non-hydrogen) atoms. The highest BCUT2D eigenvalue weighted by atomic mass is 35.5. The zero-order valence-electron chi connectivity index (χ0n) is 20.4. The van der Waals surface area contributed by atoms with Crippen LogP contribution in [0.15, 0.2) is 55.0 Å². The fourth-order valence-electron chi connectivity index (χ4n) is 3.69. The molecule has 2 aromatic heterocycles. The Morgan fingerprint density at radius 1 is 1.08 bits per heavy atom. The molecule has 2 aromatic carbocycles. The molecule has 0 atom stereocenters. The molecule has 3 amide bonds. The Morgan fingerprint density at radius 2 is 1.77 bits per heavy atom. The molecule has 0 bridgehead atoms. The van der Waals surface area contributed by atoms with Crippen molar-refractivity contribution in [3.05, 3.63) is 71.1 Å². The molecule has 0 aliphatic carbocycles. The number of anilines is 3. The van der Waals surface area contributed by atoms with E-state index in [9.17, 15) is 27.6 Å². The number of aromatic nitrogens is 3. The number of alkyl halides is 3. The smallest absolute Gasteiger partial charge is 0.382 e. The van der Waals surface area contributed by atoms with Crippen molar-refractivity contribution in [3.8, 4) is 11.1 Å². The number of nitrogens with two attached hydrogens (primary N) is 1. The van der Waals surface area contributed by atoms with Gasteiger partial charge in [0.05, 0.1) is 27.4 Å². The van der Waals surface area contributed by atoms with Crippen LogP contribution in [0.2, 0.25) is 5.02 Å². The van der Waals surface area contributed by atoms with Crippen molar-refractivity contribution in [1.29, 1.82) is 0 Å². The summed E-state index contributed by atoms with van der Waals surface area (Å²) in [5.74, 6) is -0.445. The van der Waals surface area contributed by atoms with Crippen molar-refractivity contribution in [2.75, 3.05) is 16.4 Å². The fraction of sp³-hybridized carbons (Fsp3) is 0.160. The number of rotatable bonds is 6. The number of benzene rings is 2. The van der Waals surface area contributed by atoms with Gasteiger partial charge in [-0.1, -0.05) is 23.7 Å². The molecule has 5 N–H and O–H groups in total. The predicted octanol–water partition coefficient (Wildman–Crippen LogP) is 5.00. The molecule has 0 aliphatic heterocycles. The first kappa shape index (κ1) is 27.4. The van der Waals surface area contributed by atoms with Crippen LogP contribution < -0.4 is 21.7 Å². The molecule has 14 heteroatoms. The molecule has 0 saturated carbocycles. The van der Waals surface area contributed by atoms with Gasteiger partial charge in [0.15, 0.2) is 5.82 Å². The van der Waals surface area contributed by atoms with E-state index in [2.05, 4.69) is 26.0 Å². The highest BCUT2D eigenvalue weighted by Crippen LogP contribution is 2.35. The van der Waals surface area contributed by atoms with Crippen LogP contribution in [0, 0.1) is 0 Å². The van der Waals surface area contributed by atoms with Gasteiger partial charge in [-0.2, -0.15) is 18.3 Å². The van der Waals surface area contributed by atoms with Crippen molar-refractivity contribution in [3.63, 3.8) is 0 Å². The summed E-state index contributed by atoms with van der Waals surface area (Å²) in [4.78, 5) is 40.9. The normalized spacial score (nSPS) is 11.7. The maximum absolute atomic E-state index is 13.1. The lowest BCUT2D eigenvalue weighted by molar-refractivity contribution is -0.137. The Bertz CT molecular complexity index is 1580. The van der Waals surface area contributed by atoms with Crippen LogP contribution >= 0.6 is 11.6 Å². The van der Waals surface area contributed by atoms with Crippen LogP contribution in [0.4, 0.5) is 35.2 Å². The van der Waals surface area contributed by atoms with Gasteiger partial charge in [-0.15, -0.1) is 0 Å². The van der Waals surface area contributed by atoms with E-state index in [-0.39, 0.29) is 22.1 Å². The monoisotopic (exact) mass is 559 g/mol. The molecule has 0 aliphatic rings. The van der Waals surface area contributed by atoms with Gasteiger partial charge in [0.1, 0.15) is 18.1 Å². The SMILES string of the molecule is CC(C)(C=O)NC(=O)c1cn2ncnc(N)c2c1-c1ccc(NC(=O)Nc2cc(C(F)(F)F)ccc2Cl)cc1. The second kappa shape index (κ2) is 10.3. The first-order valence-corrected chi connectivity index (χ1v) is 11.6. The zero-order chi connectivity index (χ0) is 28.5. The number of nitrogen functional groups attached to an aromatic ring is 1. The number of nitrogens with one attached hydrogen (secondary N) is 3. The molecular formula is C25H21ClF3N7O3. The quantitative estimate of drug-likeness (QED) is 0.245. The first-order chi connectivity index (χ1) is 18.3. The molecule has 0 fully saturated rings. The van der Waals surface area contributed by atoms with Crippen LogP contribution in [0.3, 0.4) is 0 Å². The summed E-state index contributed by atoms with van der Waals surface area (Å²) in [6.45, 7) is 3.08. The number of nitrogens with zero attached hydrogens (tertiary/aromatic N) is 3. The minimum absolute atomic E-state index is 0.0718. The third-order valence-corrected chi connectivity index (χ3v) is 5.88. The molecule has 4 aromatic rings. The Morgan fingerprint density at radius 3 is 2.41 bits per heavy atom. The molecule has 0 radical (unpaired) electrons. The van der Waals surface area contributed by atoms with Crippen molar-refractivity contribution >= 4 is 52.5 Å². The second-order valence-corrected chi connectivity index (χ2v) is 9.41. The lowest BCUT2D eigenvalue weighted by atomic mass is 10.0. The predicted molar refractivity (Wildman–Crippen MR) is 140 cm³/mol. The van der Waals surface area contributed by atoms with Gasteiger partial charge in [-0.05, 0) is 49.7 Å². The van der Waals surface area contributed by atoms with E-state index in [1.54, 1.807) is 26.0 Å². The molecule has 0 saturated heterocycles. The molecule has 2 heterocycles. The van der Waals surface area contributed by atoms with Gasteiger partial charge in [-0.25, -0.2) is 14.3 Å². The fourth-order valence-corrected chi connectivity index (χ4v) is 3.86. The third kappa shape index (κ3) is 5.93. The number of fused-ring (bicyclic) bond motifs is 1. The van der Waals surface area contributed by atoms with E-state index < -0.39 is 29.2 Å². The van der Waals surface area contributed by atoms with E-state index in [1.165, 1.54) is 29.2 Å². The van der Waals surface area contributed by atoms with E-state index in [4.69, 9.17) is 17.3 Å². The van der Waals surface area contributed by atoms with Gasteiger partial charge >= 0.3 is 12.2 Å². The summed E-state index contributed by atoms with van der Waals surface area (Å²) in [6, 6.07) is 7.97. The summed E-state index contributed by atoms with van der Waals surface area (Å²) in [5, 5.41) is 11.5. The van der Waals surface area contributed by atoms with Crippen LogP contribution in [0.25, 0.3) is 16.6 Å². The van der Waals surface area contributed by atoms with Gasteiger partial charge in [-0.3, -0.25) is 4.79 Å². The second-order valence-electron chi connectivity index (χ2n) is 9.00. The van der Waals surface area contributed by atoms with Crippen molar-refractivity contribution < 1.29 is 27.6 Å². The Kier molecular flexibility index (Phi) is 7.20. The van der Waals surface area contributed by atoms with Gasteiger partial charge < -0.3 is 26.5 Å². The minimum atomic E-state index is -4.61. The van der Waals surface area contributed by atoms with Gasteiger partial charge in [0.25, 0.3) is 5.91 Å². The first-order valence-electron chi connectivity index (χ1n) is 11.2. The lowest BCUT2D eigenvalue weighted by Crippen LogP contribution is -2.44. The molecule has 0 spiro atoms. The Hall–Kier alpha value is -4.65. The van der Waals surface area contributed by atoms with E-state index in [0.717, 1.165) is 18.2 Å². The van der Waals surface area contributed by atoms with Crippen LogP contribution in [-0.4, -0.2) is 38.4 Å². The van der Waals surface area contributed by atoms with E-state index in [0.29, 0.717) is 28.6 Å². The maximum Gasteiger partial charge on any atom is 0.416 e. The van der Waals surface area contributed by atoms with Crippen molar-refractivity contribution in [2.24, 2.45) is 0 Å². The average molecular weight is 560 g/mol. The number of hydrogen-bond donors (Lipinski definition) is 4. The van der Waals surface area contributed by atoms with Crippen LogP contribution in [0.1, 0.15) is 29.8 Å². The largest absolute Gasteiger partial charge is 0.416 e. The molecule has 4 rings (SSSR count). The van der Waals surface area contributed by atoms with Crippen molar-refractivity contribution in [1.82, 2.24) is 19.9 Å². The third-order valence-electron chi connectivity index (χ3n) is 5.55. The van der Waals surface area contributed by atoms with Gasteiger partial charge in [0, 0.05) is 17.4 Å². The number of halogens is 4. The summed E-state index contributed by atoms with van der Waals surface area (Å²) in [6.07, 6.45) is -1.32. The highest BCUT2D eigenvalue weighted by molar-refractivity contribution is 6.33. The van der Waals surface area contributed by atoms with Crippen molar-refractivity contribution in [2.45, 2.75) is 25.6 Å². The summed E-state index contributed by atoms with van der Waals surface area (Å²) in [7, 11) is 0. The summed E-state index contributed by atoms with van der Waals surface area (Å²) < 4.78 is 40.4. The highest BCUT2D eigenvalue weighted by Gasteiger charge is 2.31. The average Bonchev–Trinajstić information content (AvgIpc) is 3.26. The van der Waals surface area contributed by atoms with Crippen LogP contribution in [-0.2, 0) is 11.0 Å². The number of carbonyl (C=O) groups is 3. The molecule has 0 unspecified atom stereocenters. The number of amides is 3. The van der Waals surface area contributed by atoms with Gasteiger partial charge in [0.2, 0.25) is 0 Å². The molecule has 10 nitrogen and oxygen atoms in total. The standard InChI is InChI=1S/C25H21ClF3N7O3/c1-24(2,11-37)35-22(38)16-10-36-20(21(30)31-12-32-36)19(16)13-3-6-15(7-4-13)33-23(39)34-18-9-14(25(27,28)29)5-8-17(18)26/h3-12H,1-2H3,(H,35,38)(H2,30,31,32)(H2,33,34,39). The zero-order valence-corrected chi connectivity index (χ0v) is 21.2. The maximum atomic E-state index is 13.1. The Balaban J connectivity index is 1.61. The number of aldehydes is 1.